The third-order valence-electron chi connectivity index (χ3n) is 3.85. The summed E-state index contributed by atoms with van der Waals surface area (Å²) in [6, 6.07) is 6.29. The van der Waals surface area contributed by atoms with Crippen molar-refractivity contribution in [2.24, 2.45) is 0 Å². The Morgan fingerprint density at radius 1 is 1.37 bits per heavy atom. The van der Waals surface area contributed by atoms with Crippen LogP contribution in [0, 0.1) is 0 Å². The Bertz CT molecular complexity index is 501. The molecule has 0 spiro atoms. The Balaban J connectivity index is 1.96. The van der Waals surface area contributed by atoms with E-state index in [0.717, 1.165) is 31.4 Å². The van der Waals surface area contributed by atoms with E-state index in [-0.39, 0.29) is 17.3 Å². The highest BCUT2D eigenvalue weighted by Crippen LogP contribution is 2.25. The lowest BCUT2D eigenvalue weighted by Crippen LogP contribution is -2.40. The van der Waals surface area contributed by atoms with E-state index in [0.29, 0.717) is 0 Å². The van der Waals surface area contributed by atoms with Crippen molar-refractivity contribution in [2.75, 3.05) is 6.26 Å². The number of nitrogens with zero attached hydrogens (tertiary/aromatic N) is 1. The molecule has 1 fully saturated rings. The van der Waals surface area contributed by atoms with Gasteiger partial charge in [0, 0.05) is 24.5 Å². The van der Waals surface area contributed by atoms with Gasteiger partial charge in [-0.1, -0.05) is 12.5 Å². The lowest BCUT2D eigenvalue weighted by Gasteiger charge is -2.30. The van der Waals surface area contributed by atoms with Crippen LogP contribution in [0.5, 0.6) is 0 Å². The summed E-state index contributed by atoms with van der Waals surface area (Å²) in [6.45, 7) is 2.08. The van der Waals surface area contributed by atoms with Crippen molar-refractivity contribution in [2.45, 2.75) is 49.9 Å². The number of hydrogen-bond acceptors (Lipinski definition) is 4. The summed E-state index contributed by atoms with van der Waals surface area (Å²) in [5.41, 5.74) is 1.00. The molecule has 1 aromatic heterocycles. The summed E-state index contributed by atoms with van der Waals surface area (Å²) in [6.07, 6.45) is 6.68. The second-order valence-corrected chi connectivity index (χ2v) is 7.78. The highest BCUT2D eigenvalue weighted by Gasteiger charge is 2.29. The van der Waals surface area contributed by atoms with Crippen molar-refractivity contribution in [1.29, 1.82) is 0 Å². The molecular formula is C14H22N2O2S. The molecule has 106 valence electrons. The molecule has 2 unspecified atom stereocenters. The first-order valence-corrected chi connectivity index (χ1v) is 8.78. The summed E-state index contributed by atoms with van der Waals surface area (Å²) in [4.78, 5) is 4.33. The van der Waals surface area contributed by atoms with Crippen molar-refractivity contribution >= 4 is 9.84 Å². The lowest BCUT2D eigenvalue weighted by atomic mass is 9.94. The Kier molecular flexibility index (Phi) is 4.58. The molecule has 1 aliphatic rings. The van der Waals surface area contributed by atoms with Crippen molar-refractivity contribution < 1.29 is 8.42 Å². The molecule has 1 aliphatic carbocycles. The van der Waals surface area contributed by atoms with Crippen LogP contribution in [0.1, 0.15) is 44.3 Å². The molecule has 0 aromatic carbocycles. The number of rotatable bonds is 4. The largest absolute Gasteiger partial charge is 0.306 e. The summed E-state index contributed by atoms with van der Waals surface area (Å²) in [5, 5.41) is 3.32. The van der Waals surface area contributed by atoms with Crippen LogP contribution in [-0.4, -0.2) is 30.9 Å². The first-order valence-electron chi connectivity index (χ1n) is 6.82. The van der Waals surface area contributed by atoms with Gasteiger partial charge in [-0.05, 0) is 38.3 Å². The van der Waals surface area contributed by atoms with Gasteiger partial charge in [-0.25, -0.2) is 8.42 Å². The smallest absolute Gasteiger partial charge is 0.150 e. The van der Waals surface area contributed by atoms with Crippen molar-refractivity contribution in [3.63, 3.8) is 0 Å². The third kappa shape index (κ3) is 4.01. The molecule has 1 aromatic rings. The second-order valence-electron chi connectivity index (χ2n) is 5.46. The average molecular weight is 282 g/mol. The molecule has 1 N–H and O–H groups in total. The molecule has 0 bridgehead atoms. The van der Waals surface area contributed by atoms with Gasteiger partial charge < -0.3 is 5.32 Å². The molecule has 0 aliphatic heterocycles. The zero-order valence-electron chi connectivity index (χ0n) is 11.5. The van der Waals surface area contributed by atoms with E-state index >= 15 is 0 Å². The van der Waals surface area contributed by atoms with E-state index in [2.05, 4.69) is 17.2 Å². The minimum Gasteiger partial charge on any atom is -0.306 e. The van der Waals surface area contributed by atoms with Gasteiger partial charge in [-0.3, -0.25) is 4.98 Å². The van der Waals surface area contributed by atoms with Crippen LogP contribution >= 0.6 is 0 Å². The molecule has 0 saturated heterocycles. The number of pyridine rings is 1. The highest BCUT2D eigenvalue weighted by atomic mass is 32.2. The summed E-state index contributed by atoms with van der Waals surface area (Å²) < 4.78 is 23.3. The predicted molar refractivity (Wildman–Crippen MR) is 76.7 cm³/mol. The third-order valence-corrected chi connectivity index (χ3v) is 5.49. The quantitative estimate of drug-likeness (QED) is 0.918. The van der Waals surface area contributed by atoms with E-state index < -0.39 is 9.84 Å². The fraction of sp³-hybridized carbons (Fsp3) is 0.643. The van der Waals surface area contributed by atoms with Gasteiger partial charge in [-0.2, -0.15) is 0 Å². The van der Waals surface area contributed by atoms with Crippen LogP contribution in [0.15, 0.2) is 24.4 Å². The van der Waals surface area contributed by atoms with Gasteiger partial charge in [0.15, 0.2) is 0 Å². The van der Waals surface area contributed by atoms with Gasteiger partial charge >= 0.3 is 0 Å². The SMILES string of the molecule is C[C@H](NC1CCCC(S(C)(=O)=O)C1)c1ccccn1. The zero-order valence-corrected chi connectivity index (χ0v) is 12.4. The molecule has 19 heavy (non-hydrogen) atoms. The maximum Gasteiger partial charge on any atom is 0.150 e. The highest BCUT2D eigenvalue weighted by molar-refractivity contribution is 7.91. The van der Waals surface area contributed by atoms with Gasteiger partial charge in [-0.15, -0.1) is 0 Å². The van der Waals surface area contributed by atoms with E-state index in [1.807, 2.05) is 18.2 Å². The summed E-state index contributed by atoms with van der Waals surface area (Å²) >= 11 is 0. The zero-order chi connectivity index (χ0) is 13.9. The van der Waals surface area contributed by atoms with Crippen LogP contribution in [-0.2, 0) is 9.84 Å². The van der Waals surface area contributed by atoms with E-state index in [4.69, 9.17) is 0 Å². The first kappa shape index (κ1) is 14.5. The second kappa shape index (κ2) is 6.01. The molecular weight excluding hydrogens is 260 g/mol. The number of hydrogen-bond donors (Lipinski definition) is 1. The van der Waals surface area contributed by atoms with Gasteiger partial charge in [0.05, 0.1) is 10.9 Å². The molecule has 5 heteroatoms. The fourth-order valence-corrected chi connectivity index (χ4v) is 3.93. The van der Waals surface area contributed by atoms with E-state index in [1.165, 1.54) is 6.26 Å². The Morgan fingerprint density at radius 2 is 2.16 bits per heavy atom. The molecule has 0 radical (unpaired) electrons. The van der Waals surface area contributed by atoms with Crippen LogP contribution in [0.4, 0.5) is 0 Å². The monoisotopic (exact) mass is 282 g/mol. The van der Waals surface area contributed by atoms with Gasteiger partial charge in [0.1, 0.15) is 9.84 Å². The molecule has 3 atom stereocenters. The topological polar surface area (TPSA) is 59.1 Å². The van der Waals surface area contributed by atoms with Crippen LogP contribution in [0.2, 0.25) is 0 Å². The fourth-order valence-electron chi connectivity index (χ4n) is 2.76. The van der Waals surface area contributed by atoms with E-state index in [1.54, 1.807) is 6.20 Å². The molecule has 1 heterocycles. The van der Waals surface area contributed by atoms with Crippen molar-refractivity contribution in [1.82, 2.24) is 10.3 Å². The van der Waals surface area contributed by atoms with Gasteiger partial charge in [0.25, 0.3) is 0 Å². The molecule has 2 rings (SSSR count). The normalized spacial score (nSPS) is 26.0. The standard InChI is InChI=1S/C14H22N2O2S/c1-11(14-8-3-4-9-15-14)16-12-6-5-7-13(10-12)19(2,17)18/h3-4,8-9,11-13,16H,5-7,10H2,1-2H3/t11-,12?,13?/m0/s1. The Labute approximate surface area is 115 Å². The molecule has 4 nitrogen and oxygen atoms in total. The van der Waals surface area contributed by atoms with Crippen LogP contribution < -0.4 is 5.32 Å². The summed E-state index contributed by atoms with van der Waals surface area (Å²) in [7, 11) is -2.91. The van der Waals surface area contributed by atoms with Crippen LogP contribution in [0.3, 0.4) is 0 Å². The maximum absolute atomic E-state index is 11.6. The minimum absolute atomic E-state index is 0.157. The summed E-state index contributed by atoms with van der Waals surface area (Å²) in [5.74, 6) is 0. The van der Waals surface area contributed by atoms with Crippen molar-refractivity contribution in [3.8, 4) is 0 Å². The maximum atomic E-state index is 11.6. The van der Waals surface area contributed by atoms with E-state index in [9.17, 15) is 8.42 Å². The van der Waals surface area contributed by atoms with Crippen molar-refractivity contribution in [3.05, 3.63) is 30.1 Å². The minimum atomic E-state index is -2.91. The predicted octanol–water partition coefficient (Wildman–Crippen LogP) is 2.09. The van der Waals surface area contributed by atoms with Crippen LogP contribution in [0.25, 0.3) is 0 Å². The Hall–Kier alpha value is -0.940. The molecule has 0 amide bonds. The number of nitrogens with one attached hydrogen (secondary N) is 1. The Morgan fingerprint density at radius 3 is 2.79 bits per heavy atom. The molecule has 1 saturated carbocycles. The number of aromatic nitrogens is 1. The number of sulfone groups is 1. The average Bonchev–Trinajstić information content (AvgIpc) is 2.39. The van der Waals surface area contributed by atoms with Gasteiger partial charge in [0.2, 0.25) is 0 Å². The first-order chi connectivity index (χ1) is 8.97. The lowest BCUT2D eigenvalue weighted by molar-refractivity contribution is 0.344.